The Labute approximate surface area is 162 Å². The van der Waals surface area contributed by atoms with Crippen molar-refractivity contribution in [2.24, 2.45) is 5.92 Å². The molecular weight excluding hydrogens is 362 g/mol. The number of likely N-dealkylation sites (tertiary alicyclic amines) is 1. The number of pyridine rings is 1. The molecule has 0 radical (unpaired) electrons. The van der Waals surface area contributed by atoms with Crippen molar-refractivity contribution in [2.75, 3.05) is 31.1 Å². The van der Waals surface area contributed by atoms with E-state index in [0.29, 0.717) is 12.3 Å². The number of carbonyl (C=O) groups excluding carboxylic acids is 1. The molecule has 2 aliphatic rings. The lowest BCUT2D eigenvalue weighted by molar-refractivity contribution is -0.138. The van der Waals surface area contributed by atoms with E-state index < -0.39 is 9.84 Å². The van der Waals surface area contributed by atoms with Gasteiger partial charge in [0.2, 0.25) is 5.91 Å². The lowest BCUT2D eigenvalue weighted by Gasteiger charge is -2.37. The van der Waals surface area contributed by atoms with E-state index in [4.69, 9.17) is 0 Å². The molecule has 0 bridgehead atoms. The molecule has 0 spiro atoms. The highest BCUT2D eigenvalue weighted by molar-refractivity contribution is 7.91. The summed E-state index contributed by atoms with van der Waals surface area (Å²) in [5, 5.41) is 0. The van der Waals surface area contributed by atoms with E-state index in [2.05, 4.69) is 16.8 Å². The van der Waals surface area contributed by atoms with Crippen LogP contribution < -0.4 is 0 Å². The third kappa shape index (κ3) is 5.51. The van der Waals surface area contributed by atoms with Crippen molar-refractivity contribution < 1.29 is 13.2 Å². The van der Waals surface area contributed by atoms with E-state index >= 15 is 0 Å². The predicted octanol–water partition coefficient (Wildman–Crippen LogP) is 2.11. The summed E-state index contributed by atoms with van der Waals surface area (Å²) in [6.45, 7) is 5.19. The summed E-state index contributed by atoms with van der Waals surface area (Å²) in [4.78, 5) is 21.6. The molecule has 2 fully saturated rings. The summed E-state index contributed by atoms with van der Waals surface area (Å²) < 4.78 is 23.5. The van der Waals surface area contributed by atoms with E-state index in [9.17, 15) is 13.2 Å². The zero-order valence-electron chi connectivity index (χ0n) is 16.2. The lowest BCUT2D eigenvalue weighted by atomic mass is 9.93. The molecule has 7 heteroatoms. The molecule has 150 valence electrons. The summed E-state index contributed by atoms with van der Waals surface area (Å²) in [5.41, 5.74) is 1.07. The predicted molar refractivity (Wildman–Crippen MR) is 106 cm³/mol. The van der Waals surface area contributed by atoms with Crippen LogP contribution in [0.3, 0.4) is 0 Å². The van der Waals surface area contributed by atoms with Gasteiger partial charge in [-0.15, -0.1) is 0 Å². The Hall–Kier alpha value is -1.47. The van der Waals surface area contributed by atoms with Gasteiger partial charge in [0.15, 0.2) is 9.84 Å². The number of sulfone groups is 1. The monoisotopic (exact) mass is 393 g/mol. The van der Waals surface area contributed by atoms with E-state index in [-0.39, 0.29) is 23.6 Å². The molecule has 3 rings (SSSR count). The van der Waals surface area contributed by atoms with Crippen LogP contribution in [0, 0.1) is 5.92 Å². The first-order valence-corrected chi connectivity index (χ1v) is 11.9. The van der Waals surface area contributed by atoms with Gasteiger partial charge >= 0.3 is 0 Å². The number of unbranched alkanes of at least 4 members (excludes halogenated alkanes) is 1. The van der Waals surface area contributed by atoms with Crippen LogP contribution in [0.5, 0.6) is 0 Å². The Bertz CT molecular complexity index is 715. The SMILES string of the molecule is CCCCN(Cc1cccnc1)C(=O)C1CCN(C2CCS(=O)(=O)C2)CC1. The summed E-state index contributed by atoms with van der Waals surface area (Å²) in [6, 6.07) is 4.08. The highest BCUT2D eigenvalue weighted by Crippen LogP contribution is 2.26. The fourth-order valence-electron chi connectivity index (χ4n) is 4.16. The maximum atomic E-state index is 13.1. The zero-order valence-corrected chi connectivity index (χ0v) is 17.0. The standard InChI is InChI=1S/C20H31N3O3S/c1-2-3-10-23(15-17-5-4-9-21-14-17)20(24)18-6-11-22(12-7-18)19-8-13-27(25,26)16-19/h4-5,9,14,18-19H,2-3,6-8,10-13,15-16H2,1H3. The van der Waals surface area contributed by atoms with Gasteiger partial charge in [-0.05, 0) is 50.4 Å². The smallest absolute Gasteiger partial charge is 0.226 e. The first-order valence-electron chi connectivity index (χ1n) is 10.1. The van der Waals surface area contributed by atoms with Crippen LogP contribution in [0.25, 0.3) is 0 Å². The molecule has 0 aromatic carbocycles. The minimum Gasteiger partial charge on any atom is -0.338 e. The zero-order chi connectivity index (χ0) is 19.3. The molecule has 6 nitrogen and oxygen atoms in total. The van der Waals surface area contributed by atoms with E-state index in [1.807, 2.05) is 23.2 Å². The lowest BCUT2D eigenvalue weighted by Crippen LogP contribution is -2.46. The fourth-order valence-corrected chi connectivity index (χ4v) is 5.92. The normalized spacial score (nSPS) is 23.4. The average Bonchev–Trinajstić information content (AvgIpc) is 3.05. The molecule has 2 aliphatic heterocycles. The largest absolute Gasteiger partial charge is 0.338 e. The molecular formula is C20H31N3O3S. The highest BCUT2D eigenvalue weighted by atomic mass is 32.2. The highest BCUT2D eigenvalue weighted by Gasteiger charge is 2.36. The van der Waals surface area contributed by atoms with Crippen LogP contribution in [0.1, 0.15) is 44.6 Å². The Morgan fingerprint density at radius 3 is 2.67 bits per heavy atom. The quantitative estimate of drug-likeness (QED) is 0.710. The second-order valence-corrected chi connectivity index (χ2v) is 10.1. The van der Waals surface area contributed by atoms with Crippen LogP contribution >= 0.6 is 0 Å². The van der Waals surface area contributed by atoms with Gasteiger partial charge < -0.3 is 4.90 Å². The molecule has 0 saturated carbocycles. The average molecular weight is 394 g/mol. The number of piperidine rings is 1. The van der Waals surface area contributed by atoms with Crippen molar-refractivity contribution in [3.63, 3.8) is 0 Å². The second kappa shape index (κ2) is 9.15. The first-order chi connectivity index (χ1) is 13.0. The van der Waals surface area contributed by atoms with Gasteiger partial charge in [0.05, 0.1) is 11.5 Å². The first kappa shape index (κ1) is 20.3. The number of aromatic nitrogens is 1. The van der Waals surface area contributed by atoms with Crippen molar-refractivity contribution >= 4 is 15.7 Å². The summed E-state index contributed by atoms with van der Waals surface area (Å²) in [5.74, 6) is 0.889. The van der Waals surface area contributed by atoms with Crippen molar-refractivity contribution in [2.45, 2.75) is 51.6 Å². The Morgan fingerprint density at radius 2 is 2.07 bits per heavy atom. The topological polar surface area (TPSA) is 70.6 Å². The van der Waals surface area contributed by atoms with Crippen LogP contribution in [0.4, 0.5) is 0 Å². The van der Waals surface area contributed by atoms with Gasteiger partial charge in [-0.25, -0.2) is 8.42 Å². The second-order valence-electron chi connectivity index (χ2n) is 7.84. The van der Waals surface area contributed by atoms with Crippen molar-refractivity contribution in [3.05, 3.63) is 30.1 Å². The van der Waals surface area contributed by atoms with Gasteiger partial charge in [0.25, 0.3) is 0 Å². The van der Waals surface area contributed by atoms with Crippen molar-refractivity contribution in [3.8, 4) is 0 Å². The van der Waals surface area contributed by atoms with Gasteiger partial charge in [-0.2, -0.15) is 0 Å². The molecule has 1 atom stereocenters. The Balaban J connectivity index is 1.56. The van der Waals surface area contributed by atoms with Gasteiger partial charge in [-0.1, -0.05) is 19.4 Å². The van der Waals surface area contributed by atoms with Crippen LogP contribution in [0.2, 0.25) is 0 Å². The number of rotatable bonds is 7. The summed E-state index contributed by atoms with van der Waals surface area (Å²) in [7, 11) is -2.86. The third-order valence-electron chi connectivity index (χ3n) is 5.79. The molecule has 1 unspecified atom stereocenters. The van der Waals surface area contributed by atoms with Gasteiger partial charge in [0.1, 0.15) is 0 Å². The molecule has 0 aliphatic carbocycles. The Morgan fingerprint density at radius 1 is 1.30 bits per heavy atom. The molecule has 1 amide bonds. The van der Waals surface area contributed by atoms with E-state index in [1.165, 1.54) is 0 Å². The van der Waals surface area contributed by atoms with Crippen molar-refractivity contribution in [1.29, 1.82) is 0 Å². The summed E-state index contributed by atoms with van der Waals surface area (Å²) >= 11 is 0. The summed E-state index contributed by atoms with van der Waals surface area (Å²) in [6.07, 6.45) is 8.03. The minimum absolute atomic E-state index is 0.0489. The number of nitrogens with zero attached hydrogens (tertiary/aromatic N) is 3. The maximum absolute atomic E-state index is 13.1. The van der Waals surface area contributed by atoms with Gasteiger partial charge in [-0.3, -0.25) is 14.7 Å². The molecule has 27 heavy (non-hydrogen) atoms. The van der Waals surface area contributed by atoms with E-state index in [0.717, 1.165) is 57.3 Å². The third-order valence-corrected chi connectivity index (χ3v) is 7.54. The molecule has 3 heterocycles. The van der Waals surface area contributed by atoms with Crippen LogP contribution in [-0.2, 0) is 21.2 Å². The number of carbonyl (C=O) groups is 1. The maximum Gasteiger partial charge on any atom is 0.226 e. The molecule has 2 saturated heterocycles. The fraction of sp³-hybridized carbons (Fsp3) is 0.700. The van der Waals surface area contributed by atoms with Crippen molar-refractivity contribution in [1.82, 2.24) is 14.8 Å². The minimum atomic E-state index is -2.86. The Kier molecular flexibility index (Phi) is 6.87. The van der Waals surface area contributed by atoms with Crippen LogP contribution in [0.15, 0.2) is 24.5 Å². The molecule has 1 aromatic heterocycles. The van der Waals surface area contributed by atoms with Gasteiger partial charge in [0, 0.05) is 37.4 Å². The molecule has 1 aromatic rings. The number of amides is 1. The van der Waals surface area contributed by atoms with Crippen LogP contribution in [-0.4, -0.2) is 66.3 Å². The molecule has 0 N–H and O–H groups in total. The number of hydrogen-bond donors (Lipinski definition) is 0. The number of hydrogen-bond acceptors (Lipinski definition) is 5. The van der Waals surface area contributed by atoms with E-state index in [1.54, 1.807) is 6.20 Å².